The first kappa shape index (κ1) is 22.5. The number of urea groups is 1. The smallest absolute Gasteiger partial charge is 0.387 e. The number of ether oxygens (including phenoxy) is 1. The van der Waals surface area contributed by atoms with Crippen molar-refractivity contribution in [2.75, 3.05) is 26.2 Å². The van der Waals surface area contributed by atoms with Crippen LogP contribution in [0, 0.1) is 11.3 Å². The van der Waals surface area contributed by atoms with Crippen LogP contribution in [0.15, 0.2) is 53.4 Å². The van der Waals surface area contributed by atoms with Gasteiger partial charge in [0.2, 0.25) is 10.0 Å². The van der Waals surface area contributed by atoms with E-state index in [1.807, 2.05) is 6.07 Å². The topological polar surface area (TPSA) is 103 Å². The predicted octanol–water partition coefficient (Wildman–Crippen LogP) is 2.38. The van der Waals surface area contributed by atoms with E-state index in [-0.39, 0.29) is 49.4 Å². The summed E-state index contributed by atoms with van der Waals surface area (Å²) >= 11 is 0. The van der Waals surface area contributed by atoms with Gasteiger partial charge in [0.15, 0.2) is 0 Å². The van der Waals surface area contributed by atoms with Crippen molar-refractivity contribution in [2.45, 2.75) is 18.1 Å². The van der Waals surface area contributed by atoms with Crippen molar-refractivity contribution >= 4 is 16.1 Å². The fourth-order valence-electron chi connectivity index (χ4n) is 3.10. The number of nitrogens with zero attached hydrogens (tertiary/aromatic N) is 3. The molecule has 1 fully saturated rings. The molecule has 0 bridgehead atoms. The minimum atomic E-state index is -3.72. The highest BCUT2D eigenvalue weighted by molar-refractivity contribution is 7.89. The van der Waals surface area contributed by atoms with Crippen molar-refractivity contribution in [3.63, 3.8) is 0 Å². The number of hydrogen-bond acceptors (Lipinski definition) is 5. The summed E-state index contributed by atoms with van der Waals surface area (Å²) in [4.78, 5) is 14.0. The highest BCUT2D eigenvalue weighted by Gasteiger charge is 2.30. The Labute approximate surface area is 178 Å². The van der Waals surface area contributed by atoms with Crippen LogP contribution in [0.2, 0.25) is 0 Å². The van der Waals surface area contributed by atoms with Crippen LogP contribution in [-0.4, -0.2) is 56.4 Å². The summed E-state index contributed by atoms with van der Waals surface area (Å²) in [6.45, 7) is -2.14. The zero-order valence-electron chi connectivity index (χ0n) is 16.4. The molecule has 0 unspecified atom stereocenters. The van der Waals surface area contributed by atoms with E-state index < -0.39 is 16.6 Å². The van der Waals surface area contributed by atoms with E-state index in [0.717, 1.165) is 0 Å². The molecule has 2 aromatic carbocycles. The van der Waals surface area contributed by atoms with Crippen LogP contribution in [0.1, 0.15) is 11.1 Å². The molecule has 0 aliphatic carbocycles. The van der Waals surface area contributed by atoms with Gasteiger partial charge in [-0.3, -0.25) is 0 Å². The van der Waals surface area contributed by atoms with Gasteiger partial charge in [-0.15, -0.1) is 0 Å². The first-order chi connectivity index (χ1) is 14.8. The second-order valence-electron chi connectivity index (χ2n) is 6.71. The largest absolute Gasteiger partial charge is 0.435 e. The molecule has 1 aliphatic rings. The minimum absolute atomic E-state index is 0.00312. The summed E-state index contributed by atoms with van der Waals surface area (Å²) in [6.07, 6.45) is 0. The van der Waals surface area contributed by atoms with E-state index in [2.05, 4.69) is 10.1 Å². The number of carbonyl (C=O) groups excluding carboxylic acids is 1. The van der Waals surface area contributed by atoms with Gasteiger partial charge in [0.05, 0.1) is 16.5 Å². The van der Waals surface area contributed by atoms with Gasteiger partial charge in [-0.05, 0) is 42.0 Å². The third-order valence-corrected chi connectivity index (χ3v) is 6.63. The van der Waals surface area contributed by atoms with Crippen molar-refractivity contribution in [3.05, 3.63) is 59.7 Å². The number of alkyl halides is 2. The molecule has 0 spiro atoms. The van der Waals surface area contributed by atoms with Crippen molar-refractivity contribution in [2.24, 2.45) is 0 Å². The van der Waals surface area contributed by atoms with E-state index in [4.69, 9.17) is 5.26 Å². The third kappa shape index (κ3) is 5.68. The number of rotatable bonds is 6. The second kappa shape index (κ2) is 9.72. The van der Waals surface area contributed by atoms with Gasteiger partial charge in [-0.25, -0.2) is 13.2 Å². The van der Waals surface area contributed by atoms with E-state index in [0.29, 0.717) is 11.1 Å². The minimum Gasteiger partial charge on any atom is -0.435 e. The molecule has 0 atom stereocenters. The summed E-state index contributed by atoms with van der Waals surface area (Å²) in [6, 6.07) is 13.2. The number of hydrogen-bond donors (Lipinski definition) is 1. The number of nitriles is 1. The van der Waals surface area contributed by atoms with Crippen LogP contribution in [-0.2, 0) is 16.6 Å². The summed E-state index contributed by atoms with van der Waals surface area (Å²) in [5.41, 5.74) is 0.959. The Morgan fingerprint density at radius 2 is 1.81 bits per heavy atom. The number of carbonyl (C=O) groups is 1. The van der Waals surface area contributed by atoms with Gasteiger partial charge >= 0.3 is 12.6 Å². The SMILES string of the molecule is N#Cc1ccc(S(=O)(=O)N2CCN(C(=O)NCc3cccc(OC(F)F)c3)CC2)cc1. The lowest BCUT2D eigenvalue weighted by Gasteiger charge is -2.34. The molecule has 11 heteroatoms. The lowest BCUT2D eigenvalue weighted by atomic mass is 10.2. The molecule has 0 saturated carbocycles. The number of piperazine rings is 1. The van der Waals surface area contributed by atoms with E-state index in [9.17, 15) is 22.0 Å². The van der Waals surface area contributed by atoms with Crippen molar-refractivity contribution < 1.29 is 26.7 Å². The van der Waals surface area contributed by atoms with E-state index >= 15 is 0 Å². The Kier molecular flexibility index (Phi) is 7.04. The normalized spacial score (nSPS) is 14.8. The van der Waals surface area contributed by atoms with Crippen LogP contribution in [0.25, 0.3) is 0 Å². The Bertz CT molecular complexity index is 1060. The number of benzene rings is 2. The fraction of sp³-hybridized carbons (Fsp3) is 0.300. The number of amides is 2. The third-order valence-electron chi connectivity index (χ3n) is 4.71. The van der Waals surface area contributed by atoms with Gasteiger partial charge in [-0.1, -0.05) is 12.1 Å². The zero-order valence-corrected chi connectivity index (χ0v) is 17.2. The lowest BCUT2D eigenvalue weighted by molar-refractivity contribution is -0.0498. The summed E-state index contributed by atoms with van der Waals surface area (Å²) in [5, 5.41) is 11.5. The molecule has 0 aromatic heterocycles. The van der Waals surface area contributed by atoms with Gasteiger partial charge < -0.3 is 15.0 Å². The van der Waals surface area contributed by atoms with Crippen molar-refractivity contribution in [1.29, 1.82) is 5.26 Å². The molecular weight excluding hydrogens is 430 g/mol. The standard InChI is InChI=1S/C20H20F2N4O4S/c21-19(22)30-17-3-1-2-16(12-17)14-24-20(27)25-8-10-26(11-9-25)31(28,29)18-6-4-15(13-23)5-7-18/h1-7,12,19H,8-11,14H2,(H,24,27). The molecular formula is C20H20F2N4O4S. The van der Waals surface area contributed by atoms with Crippen molar-refractivity contribution in [1.82, 2.24) is 14.5 Å². The molecule has 8 nitrogen and oxygen atoms in total. The lowest BCUT2D eigenvalue weighted by Crippen LogP contribution is -2.52. The number of sulfonamides is 1. The molecule has 2 aromatic rings. The number of halogens is 2. The monoisotopic (exact) mass is 450 g/mol. The summed E-state index contributed by atoms with van der Waals surface area (Å²) < 4.78 is 55.7. The van der Waals surface area contributed by atoms with E-state index in [1.165, 1.54) is 45.6 Å². The van der Waals surface area contributed by atoms with Crippen LogP contribution in [0.3, 0.4) is 0 Å². The van der Waals surface area contributed by atoms with Crippen LogP contribution < -0.4 is 10.1 Å². The molecule has 2 amide bonds. The first-order valence-corrected chi connectivity index (χ1v) is 10.8. The molecule has 1 saturated heterocycles. The van der Waals surface area contributed by atoms with E-state index in [1.54, 1.807) is 12.1 Å². The molecule has 1 N–H and O–H groups in total. The Morgan fingerprint density at radius 3 is 2.42 bits per heavy atom. The first-order valence-electron chi connectivity index (χ1n) is 9.36. The maximum Gasteiger partial charge on any atom is 0.387 e. The predicted molar refractivity (Wildman–Crippen MR) is 107 cm³/mol. The maximum absolute atomic E-state index is 12.7. The van der Waals surface area contributed by atoms with Gasteiger partial charge in [0.1, 0.15) is 5.75 Å². The molecule has 164 valence electrons. The molecule has 3 rings (SSSR count). The Morgan fingerprint density at radius 1 is 1.13 bits per heavy atom. The average molecular weight is 450 g/mol. The molecule has 0 radical (unpaired) electrons. The molecule has 1 heterocycles. The van der Waals surface area contributed by atoms with Crippen molar-refractivity contribution in [3.8, 4) is 11.8 Å². The number of nitrogens with one attached hydrogen (secondary N) is 1. The molecule has 31 heavy (non-hydrogen) atoms. The fourth-order valence-corrected chi connectivity index (χ4v) is 4.53. The average Bonchev–Trinajstić information content (AvgIpc) is 2.77. The summed E-state index contributed by atoms with van der Waals surface area (Å²) in [7, 11) is -3.72. The van der Waals surface area contributed by atoms with Crippen LogP contribution >= 0.6 is 0 Å². The summed E-state index contributed by atoms with van der Waals surface area (Å²) in [5.74, 6) is 0.00312. The second-order valence-corrected chi connectivity index (χ2v) is 8.65. The highest BCUT2D eigenvalue weighted by Crippen LogP contribution is 2.19. The Balaban J connectivity index is 1.53. The van der Waals surface area contributed by atoms with Crippen LogP contribution in [0.5, 0.6) is 5.75 Å². The van der Waals surface area contributed by atoms with Gasteiger partial charge in [0, 0.05) is 32.7 Å². The molecule has 1 aliphatic heterocycles. The maximum atomic E-state index is 12.7. The Hall–Kier alpha value is -3.23. The van der Waals surface area contributed by atoms with Crippen LogP contribution in [0.4, 0.5) is 13.6 Å². The quantitative estimate of drug-likeness (QED) is 0.728. The van der Waals surface area contributed by atoms with Gasteiger partial charge in [-0.2, -0.15) is 18.3 Å². The highest BCUT2D eigenvalue weighted by atomic mass is 32.2. The van der Waals surface area contributed by atoms with Gasteiger partial charge in [0.25, 0.3) is 0 Å². The zero-order chi connectivity index (χ0) is 22.4.